The van der Waals surface area contributed by atoms with Crippen molar-refractivity contribution in [1.29, 1.82) is 0 Å². The van der Waals surface area contributed by atoms with Gasteiger partial charge in [0.15, 0.2) is 11.8 Å². The second kappa shape index (κ2) is 10.5. The van der Waals surface area contributed by atoms with Gasteiger partial charge in [-0.1, -0.05) is 23.9 Å². The zero-order valence-corrected chi connectivity index (χ0v) is 19.9. The number of aliphatic imine (C=N–C) groups is 1. The van der Waals surface area contributed by atoms with Gasteiger partial charge in [0.25, 0.3) is 5.91 Å². The fourth-order valence-electron chi connectivity index (χ4n) is 3.66. The highest BCUT2D eigenvalue weighted by Gasteiger charge is 2.37. The van der Waals surface area contributed by atoms with Crippen LogP contribution in [0, 0.1) is 0 Å². The largest absolute Gasteiger partial charge is 0.497 e. The number of hydrogen-bond acceptors (Lipinski definition) is 8. The number of allylic oxidation sites excluding steroid dienone is 1. The lowest BCUT2D eigenvalue weighted by Crippen LogP contribution is -2.34. The number of nitrogens with one attached hydrogen (secondary N) is 1. The van der Waals surface area contributed by atoms with Crippen LogP contribution in [-0.4, -0.2) is 42.3 Å². The van der Waals surface area contributed by atoms with Crippen LogP contribution in [0.1, 0.15) is 25.5 Å². The minimum Gasteiger partial charge on any atom is -0.497 e. The summed E-state index contributed by atoms with van der Waals surface area (Å²) in [5, 5.41) is 5.53. The van der Waals surface area contributed by atoms with Crippen LogP contribution in [0.3, 0.4) is 0 Å². The number of methoxy groups -OCH3 is 1. The molecule has 1 N–H and O–H groups in total. The third-order valence-electron chi connectivity index (χ3n) is 5.26. The minimum absolute atomic E-state index is 0.135. The number of thioether (sulfide) groups is 1. The van der Waals surface area contributed by atoms with E-state index in [1.54, 1.807) is 50.4 Å². The van der Waals surface area contributed by atoms with Crippen molar-refractivity contribution >= 4 is 34.5 Å². The van der Waals surface area contributed by atoms with Crippen molar-refractivity contribution in [2.45, 2.75) is 19.9 Å². The summed E-state index contributed by atoms with van der Waals surface area (Å²) in [4.78, 5) is 31.5. The molecular weight excluding hydrogens is 454 g/mol. The predicted molar refractivity (Wildman–Crippen MR) is 132 cm³/mol. The van der Waals surface area contributed by atoms with Crippen molar-refractivity contribution in [1.82, 2.24) is 4.90 Å². The molecule has 0 saturated heterocycles. The van der Waals surface area contributed by atoms with E-state index in [1.165, 1.54) is 11.8 Å². The number of carbonyl (C=O) groups is 2. The maximum absolute atomic E-state index is 12.7. The third-order valence-corrected chi connectivity index (χ3v) is 6.03. The number of amidine groups is 1. The van der Waals surface area contributed by atoms with E-state index >= 15 is 0 Å². The van der Waals surface area contributed by atoms with Gasteiger partial charge >= 0.3 is 5.97 Å². The topological polar surface area (TPSA) is 89.5 Å². The third kappa shape index (κ3) is 5.09. The molecule has 0 saturated carbocycles. The Morgan fingerprint density at radius 3 is 2.47 bits per heavy atom. The molecule has 2 aromatic carbocycles. The first-order valence-corrected chi connectivity index (χ1v) is 11.6. The molecule has 4 rings (SSSR count). The minimum atomic E-state index is -0.381. The average molecular weight is 480 g/mol. The van der Waals surface area contributed by atoms with Crippen LogP contribution in [0.15, 0.2) is 76.4 Å². The molecule has 1 atom stereocenters. The van der Waals surface area contributed by atoms with Gasteiger partial charge in [0, 0.05) is 11.9 Å². The molecule has 2 aliphatic heterocycles. The number of benzene rings is 2. The number of ether oxygens (including phenoxy) is 3. The van der Waals surface area contributed by atoms with E-state index in [1.807, 2.05) is 35.6 Å². The lowest BCUT2D eigenvalue weighted by Gasteiger charge is -2.33. The van der Waals surface area contributed by atoms with Crippen molar-refractivity contribution < 1.29 is 23.8 Å². The Kier molecular flexibility index (Phi) is 7.22. The van der Waals surface area contributed by atoms with Crippen molar-refractivity contribution in [2.24, 2.45) is 4.99 Å². The molecule has 2 aliphatic rings. The fraction of sp³-hybridized carbons (Fsp3) is 0.240. The molecule has 1 amide bonds. The van der Waals surface area contributed by atoms with Crippen LogP contribution in [-0.2, 0) is 14.3 Å². The van der Waals surface area contributed by atoms with E-state index in [9.17, 15) is 9.59 Å². The molecule has 0 spiro atoms. The molecule has 0 radical (unpaired) electrons. The van der Waals surface area contributed by atoms with Crippen molar-refractivity contribution in [3.8, 4) is 11.5 Å². The molecule has 2 aromatic rings. The average Bonchev–Trinajstić information content (AvgIpc) is 3.31. The molecule has 0 aromatic heterocycles. The molecule has 0 fully saturated rings. The smallest absolute Gasteiger partial charge is 0.338 e. The highest BCUT2D eigenvalue weighted by Crippen LogP contribution is 2.41. The Morgan fingerprint density at radius 2 is 1.79 bits per heavy atom. The summed E-state index contributed by atoms with van der Waals surface area (Å²) in [6.45, 7) is 3.75. The Bertz CT molecular complexity index is 1160. The Hall–Kier alpha value is -3.72. The highest BCUT2D eigenvalue weighted by molar-refractivity contribution is 8.16. The Labute approximate surface area is 202 Å². The first-order valence-electron chi connectivity index (χ1n) is 10.7. The Balaban J connectivity index is 1.44. The van der Waals surface area contributed by atoms with E-state index < -0.39 is 0 Å². The summed E-state index contributed by atoms with van der Waals surface area (Å²) in [5.41, 5.74) is 2.69. The van der Waals surface area contributed by atoms with Crippen LogP contribution in [0.5, 0.6) is 11.5 Å². The second-order valence-electron chi connectivity index (χ2n) is 7.46. The zero-order valence-electron chi connectivity index (χ0n) is 19.1. The Morgan fingerprint density at radius 1 is 1.09 bits per heavy atom. The van der Waals surface area contributed by atoms with Gasteiger partial charge in [0.1, 0.15) is 11.5 Å². The van der Waals surface area contributed by atoms with E-state index in [0.717, 1.165) is 10.7 Å². The van der Waals surface area contributed by atoms with E-state index in [4.69, 9.17) is 14.2 Å². The number of rotatable bonds is 8. The summed E-state index contributed by atoms with van der Waals surface area (Å²) >= 11 is 1.51. The molecule has 0 aliphatic carbocycles. The molecule has 176 valence electrons. The quantitative estimate of drug-likeness (QED) is 0.559. The van der Waals surface area contributed by atoms with Crippen LogP contribution in [0.2, 0.25) is 0 Å². The van der Waals surface area contributed by atoms with Gasteiger partial charge in [-0.05, 0) is 61.2 Å². The standard InChI is InChI=1S/C25H25N3O5S/c1-4-32-24(30)22-16(2)26-25-28(13-14-34-25)23(22)17-5-9-20(10-6-17)33-15-21(29)27-18-7-11-19(31-3)12-8-18/h5-14,23H,4,15H2,1-3H3,(H,27,29)/t23-/m1/s1. The van der Waals surface area contributed by atoms with Crippen molar-refractivity contribution in [3.05, 3.63) is 77.0 Å². The number of esters is 1. The van der Waals surface area contributed by atoms with Gasteiger partial charge in [-0.2, -0.15) is 0 Å². The SMILES string of the molecule is CCOC(=O)C1=C(C)N=C2SC=CN2[C@@H]1c1ccc(OCC(=O)Nc2ccc(OC)cc2)cc1. The second-order valence-corrected chi connectivity index (χ2v) is 8.33. The fourth-order valence-corrected chi connectivity index (χ4v) is 4.46. The van der Waals surface area contributed by atoms with Gasteiger partial charge in [-0.3, -0.25) is 4.79 Å². The summed E-state index contributed by atoms with van der Waals surface area (Å²) in [6, 6.07) is 14.0. The number of nitrogens with zero attached hydrogens (tertiary/aromatic N) is 2. The molecule has 9 heteroatoms. The molecule has 2 heterocycles. The summed E-state index contributed by atoms with van der Waals surface area (Å²) in [5.74, 6) is 0.603. The van der Waals surface area contributed by atoms with E-state index in [-0.39, 0.29) is 31.1 Å². The predicted octanol–water partition coefficient (Wildman–Crippen LogP) is 4.48. The van der Waals surface area contributed by atoms with Crippen molar-refractivity contribution in [2.75, 3.05) is 25.6 Å². The number of hydrogen-bond donors (Lipinski definition) is 1. The monoisotopic (exact) mass is 479 g/mol. The van der Waals surface area contributed by atoms with E-state index in [2.05, 4.69) is 10.3 Å². The molecule has 0 unspecified atom stereocenters. The van der Waals surface area contributed by atoms with Gasteiger partial charge in [-0.25, -0.2) is 9.79 Å². The lowest BCUT2D eigenvalue weighted by molar-refractivity contribution is -0.139. The number of fused-ring (bicyclic) bond motifs is 1. The van der Waals surface area contributed by atoms with Crippen LogP contribution >= 0.6 is 11.8 Å². The lowest BCUT2D eigenvalue weighted by atomic mass is 9.95. The number of amides is 1. The van der Waals surface area contributed by atoms with Gasteiger partial charge in [0.2, 0.25) is 0 Å². The zero-order chi connectivity index (χ0) is 24.1. The molecule has 8 nitrogen and oxygen atoms in total. The summed E-state index contributed by atoms with van der Waals surface area (Å²) in [7, 11) is 1.59. The summed E-state index contributed by atoms with van der Waals surface area (Å²) in [6.07, 6.45) is 1.91. The molecular formula is C25H25N3O5S. The summed E-state index contributed by atoms with van der Waals surface area (Å²) < 4.78 is 16.1. The van der Waals surface area contributed by atoms with Gasteiger partial charge in [0.05, 0.1) is 31.0 Å². The number of carbonyl (C=O) groups excluding carboxylic acids is 2. The van der Waals surface area contributed by atoms with Crippen molar-refractivity contribution in [3.63, 3.8) is 0 Å². The maximum Gasteiger partial charge on any atom is 0.338 e. The molecule has 0 bridgehead atoms. The normalized spacial score (nSPS) is 16.6. The molecule has 34 heavy (non-hydrogen) atoms. The van der Waals surface area contributed by atoms with Crippen LogP contribution < -0.4 is 14.8 Å². The van der Waals surface area contributed by atoms with Gasteiger partial charge < -0.3 is 24.4 Å². The first kappa shape index (κ1) is 23.4. The first-order chi connectivity index (χ1) is 16.5. The maximum atomic E-state index is 12.7. The van der Waals surface area contributed by atoms with Crippen LogP contribution in [0.4, 0.5) is 5.69 Å². The van der Waals surface area contributed by atoms with E-state index in [0.29, 0.717) is 28.5 Å². The number of anilines is 1. The highest BCUT2D eigenvalue weighted by atomic mass is 32.2. The van der Waals surface area contributed by atoms with Gasteiger partial charge in [-0.15, -0.1) is 0 Å². The van der Waals surface area contributed by atoms with Crippen LogP contribution in [0.25, 0.3) is 0 Å².